The van der Waals surface area contributed by atoms with E-state index in [-0.39, 0.29) is 12.4 Å². The zero-order chi connectivity index (χ0) is 24.1. The number of carboxylic acid groups (broad SMARTS) is 1. The highest BCUT2D eigenvalue weighted by Gasteiger charge is 2.20. The molecule has 0 amide bonds. The summed E-state index contributed by atoms with van der Waals surface area (Å²) in [5.41, 5.74) is 3.16. The van der Waals surface area contributed by atoms with Crippen molar-refractivity contribution in [2.75, 3.05) is 7.11 Å². The maximum Gasteiger partial charge on any atom is 0.321 e. The Hall–Kier alpha value is -3.36. The molecule has 0 bridgehead atoms. The van der Waals surface area contributed by atoms with Gasteiger partial charge in [0.05, 0.1) is 11.6 Å². The first kappa shape index (κ1) is 23.8. The van der Waals surface area contributed by atoms with Crippen LogP contribution in [-0.4, -0.2) is 29.2 Å². The van der Waals surface area contributed by atoms with Gasteiger partial charge in [-0.05, 0) is 51.3 Å². The Bertz CT molecular complexity index is 1310. The lowest BCUT2D eigenvalue weighted by atomic mass is 10.0. The van der Waals surface area contributed by atoms with Crippen LogP contribution in [0.3, 0.4) is 0 Å². The van der Waals surface area contributed by atoms with Crippen LogP contribution in [0.25, 0.3) is 10.9 Å². The number of hydrogen-bond acceptors (Lipinski definition) is 4. The van der Waals surface area contributed by atoms with Crippen LogP contribution < -0.4 is 14.8 Å². The minimum atomic E-state index is -0.929. The van der Waals surface area contributed by atoms with Crippen molar-refractivity contribution in [3.05, 3.63) is 93.8 Å². The second-order valence-electron chi connectivity index (χ2n) is 7.82. The largest absolute Gasteiger partial charge is 0.493 e. The summed E-state index contributed by atoms with van der Waals surface area (Å²) < 4.78 is 25.9. The van der Waals surface area contributed by atoms with Crippen LogP contribution in [0.1, 0.15) is 16.7 Å². The molecule has 176 valence electrons. The summed E-state index contributed by atoms with van der Waals surface area (Å²) in [5.74, 6) is -0.358. The topological polar surface area (TPSA) is 83.6 Å². The van der Waals surface area contributed by atoms with Crippen molar-refractivity contribution < 1.29 is 23.8 Å². The normalized spacial score (nSPS) is 12.0. The first-order valence-electron chi connectivity index (χ1n) is 10.7. The average Bonchev–Trinajstić information content (AvgIpc) is 3.24. The number of aromatic amines is 1. The molecule has 8 heteroatoms. The van der Waals surface area contributed by atoms with E-state index in [4.69, 9.17) is 9.47 Å². The van der Waals surface area contributed by atoms with Crippen molar-refractivity contribution in [3.8, 4) is 11.5 Å². The van der Waals surface area contributed by atoms with Crippen LogP contribution in [0.4, 0.5) is 4.39 Å². The molecule has 0 spiro atoms. The summed E-state index contributed by atoms with van der Waals surface area (Å²) in [6.45, 7) is 0.354. The van der Waals surface area contributed by atoms with Gasteiger partial charge in [0, 0.05) is 35.6 Å². The number of nitrogens with one attached hydrogen (secondary N) is 2. The molecule has 0 fully saturated rings. The molecule has 3 N–H and O–H groups in total. The van der Waals surface area contributed by atoms with Gasteiger partial charge in [0.2, 0.25) is 0 Å². The third kappa shape index (κ3) is 5.40. The van der Waals surface area contributed by atoms with Crippen LogP contribution >= 0.6 is 15.9 Å². The van der Waals surface area contributed by atoms with E-state index in [0.717, 1.165) is 22.0 Å². The Morgan fingerprint density at radius 3 is 2.68 bits per heavy atom. The molecule has 0 saturated carbocycles. The van der Waals surface area contributed by atoms with Crippen molar-refractivity contribution >= 4 is 32.8 Å². The van der Waals surface area contributed by atoms with E-state index >= 15 is 0 Å². The number of carbonyl (C=O) groups is 1. The fourth-order valence-electron chi connectivity index (χ4n) is 3.79. The zero-order valence-electron chi connectivity index (χ0n) is 18.5. The minimum absolute atomic E-state index is 0.0466. The maximum absolute atomic E-state index is 13.9. The molecule has 4 rings (SSSR count). The molecule has 0 aliphatic rings. The highest BCUT2D eigenvalue weighted by molar-refractivity contribution is 9.10. The smallest absolute Gasteiger partial charge is 0.321 e. The van der Waals surface area contributed by atoms with Gasteiger partial charge >= 0.3 is 5.97 Å². The first-order chi connectivity index (χ1) is 16.5. The molecule has 1 aromatic heterocycles. The van der Waals surface area contributed by atoms with E-state index in [1.165, 1.54) is 13.2 Å². The van der Waals surface area contributed by atoms with E-state index in [9.17, 15) is 14.3 Å². The van der Waals surface area contributed by atoms with Crippen LogP contribution in [0.15, 0.2) is 71.3 Å². The summed E-state index contributed by atoms with van der Waals surface area (Å²) in [7, 11) is 1.52. The van der Waals surface area contributed by atoms with Crippen molar-refractivity contribution in [2.24, 2.45) is 0 Å². The fraction of sp³-hybridized carbons (Fsp3) is 0.192. The van der Waals surface area contributed by atoms with Crippen LogP contribution in [0.5, 0.6) is 11.5 Å². The van der Waals surface area contributed by atoms with Gasteiger partial charge in [0.15, 0.2) is 11.5 Å². The van der Waals surface area contributed by atoms with Gasteiger partial charge in [-0.15, -0.1) is 0 Å². The lowest BCUT2D eigenvalue weighted by Crippen LogP contribution is -2.38. The number of fused-ring (bicyclic) bond motifs is 1. The second kappa shape index (κ2) is 10.7. The number of aliphatic carboxylic acids is 1. The predicted octanol–water partition coefficient (Wildman–Crippen LogP) is 5.44. The Kier molecular flexibility index (Phi) is 7.49. The number of carboxylic acids is 1. The molecule has 0 aliphatic carbocycles. The molecule has 1 unspecified atom stereocenters. The number of aromatic nitrogens is 1. The summed E-state index contributed by atoms with van der Waals surface area (Å²) in [6, 6.07) is 17.0. The Labute approximate surface area is 204 Å². The third-order valence-electron chi connectivity index (χ3n) is 5.57. The SMILES string of the molecule is COc1cc(CNC(Cc2c[nH]c3ccccc23)C(=O)O)cc(Br)c1OCc1ccccc1F. The third-order valence-corrected chi connectivity index (χ3v) is 6.16. The van der Waals surface area contributed by atoms with Crippen molar-refractivity contribution in [2.45, 2.75) is 25.6 Å². The van der Waals surface area contributed by atoms with Crippen LogP contribution in [0, 0.1) is 5.82 Å². The van der Waals surface area contributed by atoms with Gasteiger partial charge in [-0.3, -0.25) is 4.79 Å². The van der Waals surface area contributed by atoms with Crippen molar-refractivity contribution in [3.63, 3.8) is 0 Å². The highest BCUT2D eigenvalue weighted by Crippen LogP contribution is 2.37. The maximum atomic E-state index is 13.9. The standard InChI is InChI=1S/C26H24BrFN2O4/c1-33-24-11-16(10-20(27)25(24)34-15-17-6-2-4-8-21(17)28)13-29-23(26(31)32)12-18-14-30-22-9-5-3-7-19(18)22/h2-11,14,23,29-30H,12-13,15H2,1H3,(H,31,32). The van der Waals surface area contributed by atoms with Crippen molar-refractivity contribution in [1.82, 2.24) is 10.3 Å². The van der Waals surface area contributed by atoms with Gasteiger partial charge in [0.25, 0.3) is 0 Å². The number of H-pyrrole nitrogens is 1. The molecular weight excluding hydrogens is 503 g/mol. The summed E-state index contributed by atoms with van der Waals surface area (Å²) in [6.07, 6.45) is 2.19. The van der Waals surface area contributed by atoms with Crippen LogP contribution in [0.2, 0.25) is 0 Å². The monoisotopic (exact) mass is 526 g/mol. The zero-order valence-corrected chi connectivity index (χ0v) is 20.1. The number of para-hydroxylation sites is 1. The Morgan fingerprint density at radius 2 is 1.91 bits per heavy atom. The lowest BCUT2D eigenvalue weighted by molar-refractivity contribution is -0.139. The highest BCUT2D eigenvalue weighted by atomic mass is 79.9. The first-order valence-corrected chi connectivity index (χ1v) is 11.5. The van der Waals surface area contributed by atoms with Gasteiger partial charge < -0.3 is 24.9 Å². The van der Waals surface area contributed by atoms with E-state index in [0.29, 0.717) is 34.5 Å². The number of ether oxygens (including phenoxy) is 2. The average molecular weight is 527 g/mol. The minimum Gasteiger partial charge on any atom is -0.493 e. The van der Waals surface area contributed by atoms with Gasteiger partial charge in [-0.25, -0.2) is 4.39 Å². The lowest BCUT2D eigenvalue weighted by Gasteiger charge is -2.17. The second-order valence-corrected chi connectivity index (χ2v) is 8.68. The number of halogens is 2. The molecule has 34 heavy (non-hydrogen) atoms. The van der Waals surface area contributed by atoms with Crippen molar-refractivity contribution in [1.29, 1.82) is 0 Å². The quantitative estimate of drug-likeness (QED) is 0.256. The molecule has 0 radical (unpaired) electrons. The van der Waals surface area contributed by atoms with E-state index in [1.807, 2.05) is 36.5 Å². The Balaban J connectivity index is 1.46. The number of benzene rings is 3. The number of hydrogen-bond donors (Lipinski definition) is 3. The molecule has 4 aromatic rings. The fourth-order valence-corrected chi connectivity index (χ4v) is 4.39. The number of methoxy groups -OCH3 is 1. The molecule has 1 atom stereocenters. The Morgan fingerprint density at radius 1 is 1.15 bits per heavy atom. The molecular formula is C26H24BrFN2O4. The summed E-state index contributed by atoms with van der Waals surface area (Å²) >= 11 is 3.50. The molecule has 0 saturated heterocycles. The molecule has 0 aliphatic heterocycles. The predicted molar refractivity (Wildman–Crippen MR) is 132 cm³/mol. The molecule has 6 nitrogen and oxygen atoms in total. The van der Waals surface area contributed by atoms with E-state index < -0.39 is 12.0 Å². The summed E-state index contributed by atoms with van der Waals surface area (Å²) in [4.78, 5) is 15.1. The van der Waals surface area contributed by atoms with E-state index in [2.05, 4.69) is 26.2 Å². The van der Waals surface area contributed by atoms with Crippen LogP contribution in [-0.2, 0) is 24.4 Å². The van der Waals surface area contributed by atoms with Gasteiger partial charge in [0.1, 0.15) is 18.5 Å². The van der Waals surface area contributed by atoms with Gasteiger partial charge in [-0.1, -0.05) is 36.4 Å². The van der Waals surface area contributed by atoms with E-state index in [1.54, 1.807) is 24.3 Å². The molecule has 3 aromatic carbocycles. The summed E-state index contributed by atoms with van der Waals surface area (Å²) in [5, 5.41) is 13.9. The molecule has 1 heterocycles. The van der Waals surface area contributed by atoms with Gasteiger partial charge in [-0.2, -0.15) is 0 Å². The number of rotatable bonds is 10.